The Kier molecular flexibility index (Phi) is 7.31. The third-order valence-corrected chi connectivity index (χ3v) is 3.39. The average Bonchev–Trinajstić information content (AvgIpc) is 2.45. The minimum atomic E-state index is -0.356. The molecule has 0 saturated heterocycles. The molecule has 1 rings (SSSR count). The van der Waals surface area contributed by atoms with Crippen molar-refractivity contribution in [2.24, 2.45) is 0 Å². The van der Waals surface area contributed by atoms with Crippen molar-refractivity contribution in [2.75, 3.05) is 6.61 Å². The summed E-state index contributed by atoms with van der Waals surface area (Å²) in [6.07, 6.45) is 3.44. The number of hydrogen-bond donors (Lipinski definition) is 0. The predicted octanol–water partition coefficient (Wildman–Crippen LogP) is 4.29. The van der Waals surface area contributed by atoms with Crippen molar-refractivity contribution in [3.05, 3.63) is 35.4 Å². The Bertz CT molecular complexity index is 440. The molecule has 0 spiro atoms. The SMILES string of the molecule is CCCCOC(=O)c1ccc([C@@H](CCC)C(=O)Cl)cc1. The average molecular weight is 297 g/mol. The first-order valence-corrected chi connectivity index (χ1v) is 7.44. The van der Waals surface area contributed by atoms with Crippen LogP contribution in [0, 0.1) is 0 Å². The molecule has 0 unspecified atom stereocenters. The van der Waals surface area contributed by atoms with E-state index in [-0.39, 0.29) is 17.1 Å². The normalized spacial score (nSPS) is 11.9. The van der Waals surface area contributed by atoms with Gasteiger partial charge in [0.1, 0.15) is 0 Å². The Morgan fingerprint density at radius 1 is 1.15 bits per heavy atom. The lowest BCUT2D eigenvalue weighted by Crippen LogP contribution is -2.09. The zero-order chi connectivity index (χ0) is 15.0. The van der Waals surface area contributed by atoms with Gasteiger partial charge in [-0.2, -0.15) is 0 Å². The molecule has 0 radical (unpaired) electrons. The molecule has 1 aromatic rings. The summed E-state index contributed by atoms with van der Waals surface area (Å²) in [5.74, 6) is -0.624. The smallest absolute Gasteiger partial charge is 0.338 e. The van der Waals surface area contributed by atoms with E-state index in [1.54, 1.807) is 24.3 Å². The number of rotatable bonds is 8. The van der Waals surface area contributed by atoms with E-state index in [2.05, 4.69) is 0 Å². The number of benzene rings is 1. The largest absolute Gasteiger partial charge is 0.462 e. The molecular weight excluding hydrogens is 276 g/mol. The third kappa shape index (κ3) is 4.97. The van der Waals surface area contributed by atoms with Crippen molar-refractivity contribution in [3.8, 4) is 0 Å². The highest BCUT2D eigenvalue weighted by Crippen LogP contribution is 2.24. The van der Waals surface area contributed by atoms with E-state index in [1.807, 2.05) is 13.8 Å². The van der Waals surface area contributed by atoms with Crippen molar-refractivity contribution >= 4 is 22.8 Å². The Balaban J connectivity index is 2.72. The number of carbonyl (C=O) groups is 2. The predicted molar refractivity (Wildman–Crippen MR) is 80.1 cm³/mol. The maximum Gasteiger partial charge on any atom is 0.338 e. The van der Waals surface area contributed by atoms with Gasteiger partial charge in [-0.1, -0.05) is 38.8 Å². The van der Waals surface area contributed by atoms with Crippen LogP contribution >= 0.6 is 11.6 Å². The highest BCUT2D eigenvalue weighted by atomic mass is 35.5. The van der Waals surface area contributed by atoms with Gasteiger partial charge in [-0.25, -0.2) is 4.79 Å². The Morgan fingerprint density at radius 2 is 1.80 bits per heavy atom. The number of esters is 1. The van der Waals surface area contributed by atoms with Crippen LogP contribution in [0.25, 0.3) is 0 Å². The number of unbranched alkanes of at least 4 members (excludes halogenated alkanes) is 1. The van der Waals surface area contributed by atoms with E-state index in [4.69, 9.17) is 16.3 Å². The number of halogens is 1. The summed E-state index contributed by atoms with van der Waals surface area (Å²) < 4.78 is 5.13. The Labute approximate surface area is 125 Å². The molecule has 0 aliphatic heterocycles. The zero-order valence-electron chi connectivity index (χ0n) is 12.0. The molecule has 0 aliphatic carbocycles. The van der Waals surface area contributed by atoms with E-state index in [9.17, 15) is 9.59 Å². The highest BCUT2D eigenvalue weighted by molar-refractivity contribution is 6.64. The lowest BCUT2D eigenvalue weighted by Gasteiger charge is -2.12. The van der Waals surface area contributed by atoms with Gasteiger partial charge in [0.05, 0.1) is 18.1 Å². The first kappa shape index (κ1) is 16.7. The van der Waals surface area contributed by atoms with Crippen LogP contribution in [0.4, 0.5) is 0 Å². The first-order valence-electron chi connectivity index (χ1n) is 7.06. The molecule has 4 heteroatoms. The molecule has 110 valence electrons. The molecule has 0 amide bonds. The van der Waals surface area contributed by atoms with Crippen LogP contribution in [0.1, 0.15) is 61.4 Å². The monoisotopic (exact) mass is 296 g/mol. The summed E-state index contributed by atoms with van der Waals surface area (Å²) in [5, 5.41) is -0.356. The molecule has 0 fully saturated rings. The van der Waals surface area contributed by atoms with Gasteiger partial charge < -0.3 is 4.74 Å². The van der Waals surface area contributed by atoms with Crippen LogP contribution in [-0.2, 0) is 9.53 Å². The van der Waals surface area contributed by atoms with E-state index in [0.717, 1.165) is 24.8 Å². The van der Waals surface area contributed by atoms with Gasteiger partial charge in [-0.3, -0.25) is 4.79 Å². The van der Waals surface area contributed by atoms with Crippen molar-refractivity contribution in [3.63, 3.8) is 0 Å². The van der Waals surface area contributed by atoms with Crippen LogP contribution in [0.5, 0.6) is 0 Å². The Hall–Kier alpha value is -1.35. The quantitative estimate of drug-likeness (QED) is 0.408. The topological polar surface area (TPSA) is 43.4 Å². The molecule has 3 nitrogen and oxygen atoms in total. The molecule has 0 aliphatic rings. The highest BCUT2D eigenvalue weighted by Gasteiger charge is 2.18. The molecule has 0 bridgehead atoms. The van der Waals surface area contributed by atoms with Gasteiger partial charge in [-0.05, 0) is 42.1 Å². The molecule has 1 aromatic carbocycles. The molecule has 0 saturated carbocycles. The van der Waals surface area contributed by atoms with Crippen LogP contribution in [0.2, 0.25) is 0 Å². The van der Waals surface area contributed by atoms with Crippen LogP contribution in [0.3, 0.4) is 0 Å². The lowest BCUT2D eigenvalue weighted by atomic mass is 9.95. The summed E-state index contributed by atoms with van der Waals surface area (Å²) in [5.41, 5.74) is 1.35. The second kappa shape index (κ2) is 8.75. The second-order valence-electron chi connectivity index (χ2n) is 4.76. The van der Waals surface area contributed by atoms with E-state index in [1.165, 1.54) is 0 Å². The van der Waals surface area contributed by atoms with E-state index in [0.29, 0.717) is 18.6 Å². The zero-order valence-corrected chi connectivity index (χ0v) is 12.8. The van der Waals surface area contributed by atoms with Gasteiger partial charge in [0.15, 0.2) is 0 Å². The fraction of sp³-hybridized carbons (Fsp3) is 0.500. The fourth-order valence-corrected chi connectivity index (χ4v) is 2.18. The summed E-state index contributed by atoms with van der Waals surface area (Å²) >= 11 is 5.61. The van der Waals surface area contributed by atoms with Crippen molar-refractivity contribution in [2.45, 2.75) is 45.4 Å². The number of hydrogen-bond acceptors (Lipinski definition) is 3. The molecule has 0 heterocycles. The van der Waals surface area contributed by atoms with Gasteiger partial charge in [0.2, 0.25) is 5.24 Å². The number of carbonyl (C=O) groups excluding carboxylic acids is 2. The van der Waals surface area contributed by atoms with Crippen molar-refractivity contribution < 1.29 is 14.3 Å². The maximum absolute atomic E-state index is 11.7. The summed E-state index contributed by atoms with van der Waals surface area (Å²) in [6.45, 7) is 4.49. The van der Waals surface area contributed by atoms with Crippen LogP contribution < -0.4 is 0 Å². The van der Waals surface area contributed by atoms with Crippen LogP contribution in [0.15, 0.2) is 24.3 Å². The van der Waals surface area contributed by atoms with E-state index >= 15 is 0 Å². The summed E-state index contributed by atoms with van der Waals surface area (Å²) in [6, 6.07) is 6.92. The second-order valence-corrected chi connectivity index (χ2v) is 5.13. The minimum Gasteiger partial charge on any atom is -0.462 e. The molecule has 1 atom stereocenters. The van der Waals surface area contributed by atoms with E-state index < -0.39 is 0 Å². The van der Waals surface area contributed by atoms with Gasteiger partial charge in [0, 0.05) is 0 Å². The third-order valence-electron chi connectivity index (χ3n) is 3.13. The molecule has 0 N–H and O–H groups in total. The maximum atomic E-state index is 11.7. The fourth-order valence-electron chi connectivity index (χ4n) is 1.94. The summed E-state index contributed by atoms with van der Waals surface area (Å²) in [4.78, 5) is 23.1. The molecular formula is C16H21ClO3. The summed E-state index contributed by atoms with van der Waals surface area (Å²) in [7, 11) is 0. The van der Waals surface area contributed by atoms with Gasteiger partial charge >= 0.3 is 5.97 Å². The number of ether oxygens (including phenoxy) is 1. The molecule has 0 aromatic heterocycles. The van der Waals surface area contributed by atoms with Crippen LogP contribution in [-0.4, -0.2) is 17.8 Å². The van der Waals surface area contributed by atoms with Gasteiger partial charge in [-0.15, -0.1) is 0 Å². The van der Waals surface area contributed by atoms with Crippen molar-refractivity contribution in [1.29, 1.82) is 0 Å². The molecule has 20 heavy (non-hydrogen) atoms. The Morgan fingerprint density at radius 3 is 2.30 bits per heavy atom. The minimum absolute atomic E-state index is 0.299. The lowest BCUT2D eigenvalue weighted by molar-refractivity contribution is -0.113. The van der Waals surface area contributed by atoms with Crippen molar-refractivity contribution in [1.82, 2.24) is 0 Å². The first-order chi connectivity index (χ1) is 9.60. The van der Waals surface area contributed by atoms with Gasteiger partial charge in [0.25, 0.3) is 0 Å². The standard InChI is InChI=1S/C16H21ClO3/c1-3-5-11-20-16(19)13-9-7-12(8-10-13)14(6-4-2)15(17)18/h7-10,14H,3-6,11H2,1-2H3/t14-/m1/s1.